The highest BCUT2D eigenvalue weighted by Crippen LogP contribution is 2.35. The molecule has 1 saturated carbocycles. The second-order valence-electron chi connectivity index (χ2n) is 5.80. The van der Waals surface area contributed by atoms with Crippen LogP contribution in [-0.4, -0.2) is 21.2 Å². The third-order valence-corrected chi connectivity index (χ3v) is 4.20. The molecular weight excluding hydrogens is 268 g/mol. The molecule has 5 nitrogen and oxygen atoms in total. The Bertz CT molecular complexity index is 625. The van der Waals surface area contributed by atoms with E-state index in [4.69, 9.17) is 9.63 Å². The van der Waals surface area contributed by atoms with Crippen LogP contribution in [0.1, 0.15) is 54.8 Å². The third kappa shape index (κ3) is 2.96. The molecule has 0 unspecified atom stereocenters. The van der Waals surface area contributed by atoms with Gasteiger partial charge in [-0.1, -0.05) is 24.2 Å². The van der Waals surface area contributed by atoms with Crippen molar-refractivity contribution in [2.75, 3.05) is 0 Å². The SMILES string of the molecule is CC1CCC(c2nc(-c3ccc(C(=O)O)cc3)no2)CC1. The lowest BCUT2D eigenvalue weighted by Crippen LogP contribution is -2.11. The van der Waals surface area contributed by atoms with Gasteiger partial charge in [0.25, 0.3) is 0 Å². The van der Waals surface area contributed by atoms with Crippen molar-refractivity contribution in [1.29, 1.82) is 0 Å². The quantitative estimate of drug-likeness (QED) is 0.930. The molecule has 0 spiro atoms. The van der Waals surface area contributed by atoms with E-state index in [1.165, 1.54) is 12.8 Å². The summed E-state index contributed by atoms with van der Waals surface area (Å²) in [6.45, 7) is 2.28. The van der Waals surface area contributed by atoms with Crippen molar-refractivity contribution in [3.63, 3.8) is 0 Å². The number of aromatic nitrogens is 2. The molecule has 1 N–H and O–H groups in total. The minimum absolute atomic E-state index is 0.253. The van der Waals surface area contributed by atoms with E-state index in [-0.39, 0.29) is 5.56 Å². The number of hydrogen-bond donors (Lipinski definition) is 1. The number of rotatable bonds is 3. The Balaban J connectivity index is 1.76. The fourth-order valence-electron chi connectivity index (χ4n) is 2.79. The third-order valence-electron chi connectivity index (χ3n) is 4.20. The standard InChI is InChI=1S/C16H18N2O3/c1-10-2-4-12(5-3-10)15-17-14(18-21-15)11-6-8-13(9-7-11)16(19)20/h6-10,12H,2-5H2,1H3,(H,19,20). The summed E-state index contributed by atoms with van der Waals surface area (Å²) in [6.07, 6.45) is 4.60. The first kappa shape index (κ1) is 13.8. The van der Waals surface area contributed by atoms with Crippen LogP contribution in [0.5, 0.6) is 0 Å². The summed E-state index contributed by atoms with van der Waals surface area (Å²) >= 11 is 0. The number of hydrogen-bond acceptors (Lipinski definition) is 4. The summed E-state index contributed by atoms with van der Waals surface area (Å²) in [5.41, 5.74) is 1.03. The van der Waals surface area contributed by atoms with E-state index in [1.54, 1.807) is 24.3 Å². The highest BCUT2D eigenvalue weighted by molar-refractivity contribution is 5.88. The van der Waals surface area contributed by atoms with Gasteiger partial charge < -0.3 is 9.63 Å². The molecule has 2 aromatic rings. The van der Waals surface area contributed by atoms with Crippen LogP contribution in [0.2, 0.25) is 0 Å². The molecule has 1 heterocycles. The molecule has 0 bridgehead atoms. The number of carbonyl (C=O) groups is 1. The molecule has 110 valence electrons. The summed E-state index contributed by atoms with van der Waals surface area (Å²) in [5.74, 6) is 1.44. The Labute approximate surface area is 123 Å². The van der Waals surface area contributed by atoms with E-state index in [0.717, 1.165) is 24.3 Å². The number of nitrogens with zero attached hydrogens (tertiary/aromatic N) is 2. The Morgan fingerprint density at radius 2 is 1.86 bits per heavy atom. The van der Waals surface area contributed by atoms with Crippen molar-refractivity contribution in [3.05, 3.63) is 35.7 Å². The predicted octanol–water partition coefficient (Wildman–Crippen LogP) is 3.73. The van der Waals surface area contributed by atoms with Crippen LogP contribution in [0.15, 0.2) is 28.8 Å². The lowest BCUT2D eigenvalue weighted by Gasteiger charge is -2.23. The molecule has 1 fully saturated rings. The first-order chi connectivity index (χ1) is 10.1. The number of benzene rings is 1. The highest BCUT2D eigenvalue weighted by atomic mass is 16.5. The van der Waals surface area contributed by atoms with Gasteiger partial charge in [-0.25, -0.2) is 4.79 Å². The van der Waals surface area contributed by atoms with Crippen LogP contribution in [0.25, 0.3) is 11.4 Å². The van der Waals surface area contributed by atoms with E-state index in [9.17, 15) is 4.79 Å². The van der Waals surface area contributed by atoms with Crippen LogP contribution < -0.4 is 0 Å². The molecular formula is C16H18N2O3. The van der Waals surface area contributed by atoms with Crippen LogP contribution in [0, 0.1) is 5.92 Å². The van der Waals surface area contributed by atoms with Gasteiger partial charge in [0.1, 0.15) is 0 Å². The normalized spacial score (nSPS) is 22.1. The topological polar surface area (TPSA) is 76.2 Å². The highest BCUT2D eigenvalue weighted by Gasteiger charge is 2.24. The van der Waals surface area contributed by atoms with E-state index in [2.05, 4.69) is 17.1 Å². The van der Waals surface area contributed by atoms with Crippen molar-refractivity contribution in [2.45, 2.75) is 38.5 Å². The second-order valence-corrected chi connectivity index (χ2v) is 5.80. The van der Waals surface area contributed by atoms with E-state index >= 15 is 0 Å². The van der Waals surface area contributed by atoms with Crippen molar-refractivity contribution in [3.8, 4) is 11.4 Å². The molecule has 0 saturated heterocycles. The first-order valence-corrected chi connectivity index (χ1v) is 7.31. The molecule has 1 aliphatic carbocycles. The maximum Gasteiger partial charge on any atom is 0.335 e. The fourth-order valence-corrected chi connectivity index (χ4v) is 2.79. The largest absolute Gasteiger partial charge is 0.478 e. The molecule has 1 aromatic carbocycles. The van der Waals surface area contributed by atoms with Crippen LogP contribution in [-0.2, 0) is 0 Å². The second kappa shape index (κ2) is 5.68. The molecule has 0 aliphatic heterocycles. The van der Waals surface area contributed by atoms with Gasteiger partial charge in [0.15, 0.2) is 0 Å². The monoisotopic (exact) mass is 286 g/mol. The van der Waals surface area contributed by atoms with Gasteiger partial charge in [0, 0.05) is 11.5 Å². The molecule has 0 atom stereocenters. The summed E-state index contributed by atoms with van der Waals surface area (Å²) < 4.78 is 5.39. The van der Waals surface area contributed by atoms with Crippen LogP contribution in [0.3, 0.4) is 0 Å². The van der Waals surface area contributed by atoms with Crippen molar-refractivity contribution < 1.29 is 14.4 Å². The summed E-state index contributed by atoms with van der Waals surface area (Å²) in [4.78, 5) is 15.3. The zero-order chi connectivity index (χ0) is 14.8. The molecule has 0 radical (unpaired) electrons. The van der Waals surface area contributed by atoms with Gasteiger partial charge in [-0.2, -0.15) is 4.98 Å². The average molecular weight is 286 g/mol. The fraction of sp³-hybridized carbons (Fsp3) is 0.438. The summed E-state index contributed by atoms with van der Waals surface area (Å²) in [5, 5.41) is 12.9. The van der Waals surface area contributed by atoms with Gasteiger partial charge in [0.2, 0.25) is 11.7 Å². The van der Waals surface area contributed by atoms with Gasteiger partial charge in [-0.3, -0.25) is 0 Å². The minimum atomic E-state index is -0.938. The average Bonchev–Trinajstić information content (AvgIpc) is 2.98. The Morgan fingerprint density at radius 1 is 1.19 bits per heavy atom. The molecule has 21 heavy (non-hydrogen) atoms. The number of aromatic carboxylic acids is 1. The molecule has 1 aliphatic rings. The summed E-state index contributed by atoms with van der Waals surface area (Å²) in [6, 6.07) is 6.52. The Morgan fingerprint density at radius 3 is 2.48 bits per heavy atom. The summed E-state index contributed by atoms with van der Waals surface area (Å²) in [7, 11) is 0. The van der Waals surface area contributed by atoms with Gasteiger partial charge in [-0.15, -0.1) is 0 Å². The van der Waals surface area contributed by atoms with Crippen molar-refractivity contribution >= 4 is 5.97 Å². The van der Waals surface area contributed by atoms with E-state index in [0.29, 0.717) is 17.6 Å². The maximum atomic E-state index is 10.8. The first-order valence-electron chi connectivity index (χ1n) is 7.31. The lowest BCUT2D eigenvalue weighted by atomic mass is 9.83. The number of carboxylic acids is 1. The van der Waals surface area contributed by atoms with E-state index < -0.39 is 5.97 Å². The Hall–Kier alpha value is -2.17. The van der Waals surface area contributed by atoms with Crippen LogP contribution in [0.4, 0.5) is 0 Å². The maximum absolute atomic E-state index is 10.8. The van der Waals surface area contributed by atoms with Crippen molar-refractivity contribution in [1.82, 2.24) is 10.1 Å². The Kier molecular flexibility index (Phi) is 3.73. The van der Waals surface area contributed by atoms with Crippen LogP contribution >= 0.6 is 0 Å². The van der Waals surface area contributed by atoms with E-state index in [1.807, 2.05) is 0 Å². The minimum Gasteiger partial charge on any atom is -0.478 e. The zero-order valence-corrected chi connectivity index (χ0v) is 12.0. The smallest absolute Gasteiger partial charge is 0.335 e. The lowest BCUT2D eigenvalue weighted by molar-refractivity contribution is 0.0697. The van der Waals surface area contributed by atoms with Gasteiger partial charge in [-0.05, 0) is 43.7 Å². The van der Waals surface area contributed by atoms with Gasteiger partial charge in [0.05, 0.1) is 5.56 Å². The molecule has 0 amide bonds. The zero-order valence-electron chi connectivity index (χ0n) is 12.0. The number of carboxylic acid groups (broad SMARTS) is 1. The van der Waals surface area contributed by atoms with Crippen molar-refractivity contribution in [2.24, 2.45) is 5.92 Å². The molecule has 5 heteroatoms. The predicted molar refractivity (Wildman–Crippen MR) is 77.1 cm³/mol. The molecule has 1 aromatic heterocycles. The van der Waals surface area contributed by atoms with Gasteiger partial charge >= 0.3 is 5.97 Å². The molecule has 3 rings (SSSR count).